The number of nitrogens with one attached hydrogen (secondary N) is 1. The van der Waals surface area contributed by atoms with Crippen molar-refractivity contribution in [1.29, 1.82) is 0 Å². The van der Waals surface area contributed by atoms with E-state index in [1.807, 2.05) is 6.07 Å². The number of hydrogen-bond acceptors (Lipinski definition) is 4. The average Bonchev–Trinajstić information content (AvgIpc) is 3.04. The highest BCUT2D eigenvalue weighted by atomic mass is 35.5. The topological polar surface area (TPSA) is 51.2 Å². The van der Waals surface area contributed by atoms with Crippen LogP contribution in [0.25, 0.3) is 0 Å². The van der Waals surface area contributed by atoms with Crippen molar-refractivity contribution in [1.82, 2.24) is 20.0 Å². The molecule has 1 amide bonds. The van der Waals surface area contributed by atoms with E-state index in [9.17, 15) is 4.79 Å². The molecule has 2 aliphatic rings. The van der Waals surface area contributed by atoms with Gasteiger partial charge in [0.25, 0.3) is 0 Å². The summed E-state index contributed by atoms with van der Waals surface area (Å²) in [6.07, 6.45) is 3.40. The molecule has 1 saturated carbocycles. The largest absolute Gasteiger partial charge is 0.357 e. The Morgan fingerprint density at radius 3 is 2.64 bits per heavy atom. The van der Waals surface area contributed by atoms with E-state index in [2.05, 4.69) is 40.1 Å². The van der Waals surface area contributed by atoms with Crippen molar-refractivity contribution in [2.75, 3.05) is 52.9 Å². The van der Waals surface area contributed by atoms with Crippen molar-refractivity contribution >= 4 is 34.8 Å². The molecule has 1 N–H and O–H groups in total. The number of carbonyl (C=O) groups excluding carboxylic acids is 1. The monoisotopic (exact) mass is 425 g/mol. The number of guanidine groups is 1. The Hall–Kier alpha value is -1.31. The minimum atomic E-state index is 0.313. The van der Waals surface area contributed by atoms with Crippen LogP contribution >= 0.6 is 22.9 Å². The number of piperazine rings is 1. The molecule has 8 heteroatoms. The van der Waals surface area contributed by atoms with Crippen LogP contribution in [0.5, 0.6) is 0 Å². The smallest absolute Gasteiger partial charge is 0.225 e. The quantitative estimate of drug-likeness (QED) is 0.539. The third kappa shape index (κ3) is 5.84. The van der Waals surface area contributed by atoms with Gasteiger partial charge in [0.15, 0.2) is 5.96 Å². The van der Waals surface area contributed by atoms with Crippen LogP contribution < -0.4 is 5.32 Å². The Balaban J connectivity index is 1.43. The summed E-state index contributed by atoms with van der Waals surface area (Å²) in [7, 11) is 2.06. The van der Waals surface area contributed by atoms with Gasteiger partial charge in [-0.25, -0.2) is 0 Å². The lowest BCUT2D eigenvalue weighted by Crippen LogP contribution is -2.51. The van der Waals surface area contributed by atoms with E-state index in [4.69, 9.17) is 16.6 Å². The van der Waals surface area contributed by atoms with E-state index in [-0.39, 0.29) is 0 Å². The zero-order valence-corrected chi connectivity index (χ0v) is 18.6. The van der Waals surface area contributed by atoms with Crippen LogP contribution in [0.4, 0.5) is 0 Å². The van der Waals surface area contributed by atoms with Crippen molar-refractivity contribution in [2.24, 2.45) is 10.9 Å². The number of halogens is 1. The maximum absolute atomic E-state index is 12.4. The predicted molar refractivity (Wildman–Crippen MR) is 117 cm³/mol. The lowest BCUT2D eigenvalue weighted by molar-refractivity contribution is -0.139. The first-order chi connectivity index (χ1) is 13.6. The van der Waals surface area contributed by atoms with Gasteiger partial charge >= 0.3 is 0 Å². The van der Waals surface area contributed by atoms with Gasteiger partial charge in [-0.1, -0.05) is 18.0 Å². The molecule has 1 aliphatic carbocycles. The third-order valence-corrected chi connectivity index (χ3v) is 6.75. The SMILES string of the molecule is CCNC(=NCCN1CCN(C(=O)C2CCC2)CC1)N(C)Cc1ccc(Cl)s1. The molecule has 1 aromatic rings. The van der Waals surface area contributed by atoms with Gasteiger partial charge in [0, 0.05) is 57.1 Å². The lowest BCUT2D eigenvalue weighted by atomic mass is 9.84. The zero-order valence-electron chi connectivity index (χ0n) is 17.0. The highest BCUT2D eigenvalue weighted by Gasteiger charge is 2.30. The molecular formula is C20H32ClN5OS. The van der Waals surface area contributed by atoms with Gasteiger partial charge in [0.1, 0.15) is 0 Å². The van der Waals surface area contributed by atoms with E-state index in [1.165, 1.54) is 11.3 Å². The molecule has 0 spiro atoms. The van der Waals surface area contributed by atoms with Crippen LogP contribution in [0.1, 0.15) is 31.1 Å². The van der Waals surface area contributed by atoms with Gasteiger partial charge in [0.05, 0.1) is 17.4 Å². The predicted octanol–water partition coefficient (Wildman–Crippen LogP) is 2.74. The van der Waals surface area contributed by atoms with Crippen LogP contribution in [0.2, 0.25) is 4.34 Å². The van der Waals surface area contributed by atoms with Gasteiger partial charge in [0.2, 0.25) is 5.91 Å². The highest BCUT2D eigenvalue weighted by molar-refractivity contribution is 7.16. The van der Waals surface area contributed by atoms with Crippen LogP contribution in [0.3, 0.4) is 0 Å². The van der Waals surface area contributed by atoms with Crippen LogP contribution in [-0.2, 0) is 11.3 Å². The Bertz CT molecular complexity index is 667. The number of amides is 1. The van der Waals surface area contributed by atoms with Crippen LogP contribution in [0.15, 0.2) is 17.1 Å². The molecule has 1 saturated heterocycles. The summed E-state index contributed by atoms with van der Waals surface area (Å²) in [5.74, 6) is 1.62. The summed E-state index contributed by atoms with van der Waals surface area (Å²) in [5, 5.41) is 3.37. The first kappa shape index (κ1) is 21.4. The lowest BCUT2D eigenvalue weighted by Gasteiger charge is -2.38. The van der Waals surface area contributed by atoms with Crippen molar-refractivity contribution < 1.29 is 4.79 Å². The van der Waals surface area contributed by atoms with Crippen molar-refractivity contribution in [2.45, 2.75) is 32.7 Å². The van der Waals surface area contributed by atoms with E-state index in [0.717, 1.165) is 75.5 Å². The third-order valence-electron chi connectivity index (χ3n) is 5.53. The van der Waals surface area contributed by atoms with Crippen molar-refractivity contribution in [3.63, 3.8) is 0 Å². The van der Waals surface area contributed by atoms with Gasteiger partial charge < -0.3 is 15.1 Å². The summed E-state index contributed by atoms with van der Waals surface area (Å²) in [5.41, 5.74) is 0. The van der Waals surface area contributed by atoms with Gasteiger partial charge in [-0.05, 0) is 31.9 Å². The van der Waals surface area contributed by atoms with Gasteiger partial charge in [-0.15, -0.1) is 11.3 Å². The normalized spacial score (nSPS) is 18.8. The number of nitrogens with zero attached hydrogens (tertiary/aromatic N) is 4. The number of carbonyl (C=O) groups is 1. The maximum Gasteiger partial charge on any atom is 0.225 e. The summed E-state index contributed by atoms with van der Waals surface area (Å²) in [4.78, 5) is 25.0. The van der Waals surface area contributed by atoms with E-state index < -0.39 is 0 Å². The summed E-state index contributed by atoms with van der Waals surface area (Å²) in [6, 6.07) is 4.01. The Morgan fingerprint density at radius 2 is 2.07 bits per heavy atom. The highest BCUT2D eigenvalue weighted by Crippen LogP contribution is 2.28. The molecule has 28 heavy (non-hydrogen) atoms. The van der Waals surface area contributed by atoms with Gasteiger partial charge in [-0.3, -0.25) is 14.7 Å². The minimum Gasteiger partial charge on any atom is -0.357 e. The fraction of sp³-hybridized carbons (Fsp3) is 0.700. The van der Waals surface area contributed by atoms with Crippen molar-refractivity contribution in [3.05, 3.63) is 21.3 Å². The summed E-state index contributed by atoms with van der Waals surface area (Å²) >= 11 is 7.65. The fourth-order valence-electron chi connectivity index (χ4n) is 3.62. The van der Waals surface area contributed by atoms with Crippen LogP contribution in [0, 0.1) is 5.92 Å². The molecule has 1 aliphatic heterocycles. The Morgan fingerprint density at radius 1 is 1.32 bits per heavy atom. The summed E-state index contributed by atoms with van der Waals surface area (Å²) in [6.45, 7) is 9.04. The number of hydrogen-bond donors (Lipinski definition) is 1. The molecule has 1 aromatic heterocycles. The molecule has 156 valence electrons. The molecule has 6 nitrogen and oxygen atoms in total. The molecule has 2 heterocycles. The maximum atomic E-state index is 12.4. The zero-order chi connectivity index (χ0) is 19.9. The number of aliphatic imine (C=N–C) groups is 1. The first-order valence-electron chi connectivity index (χ1n) is 10.3. The Labute approximate surface area is 177 Å². The molecule has 0 aromatic carbocycles. The average molecular weight is 426 g/mol. The second-order valence-electron chi connectivity index (χ2n) is 7.59. The molecular weight excluding hydrogens is 394 g/mol. The molecule has 0 radical (unpaired) electrons. The van der Waals surface area contributed by atoms with Crippen molar-refractivity contribution in [3.8, 4) is 0 Å². The molecule has 0 atom stereocenters. The fourth-order valence-corrected chi connectivity index (χ4v) is 4.76. The van der Waals surface area contributed by atoms with E-state index in [1.54, 1.807) is 11.3 Å². The minimum absolute atomic E-state index is 0.313. The molecule has 0 unspecified atom stereocenters. The van der Waals surface area contributed by atoms with E-state index >= 15 is 0 Å². The summed E-state index contributed by atoms with van der Waals surface area (Å²) < 4.78 is 0.820. The Kier molecular flexibility index (Phi) is 8.00. The standard InChI is InChI=1S/C20H32ClN5OS/c1-3-22-20(24(2)15-17-7-8-18(21)28-17)23-9-10-25-11-13-26(14-12-25)19(27)16-5-4-6-16/h7-8,16H,3-6,9-15H2,1-2H3,(H,22,23). The van der Waals surface area contributed by atoms with Crippen LogP contribution in [-0.4, -0.2) is 79.4 Å². The first-order valence-corrected chi connectivity index (χ1v) is 11.5. The second kappa shape index (κ2) is 10.5. The second-order valence-corrected chi connectivity index (χ2v) is 9.39. The molecule has 0 bridgehead atoms. The van der Waals surface area contributed by atoms with Gasteiger partial charge in [-0.2, -0.15) is 0 Å². The number of rotatable bonds is 7. The molecule has 2 fully saturated rings. The number of thiophene rings is 1. The van der Waals surface area contributed by atoms with E-state index in [0.29, 0.717) is 11.8 Å². The molecule has 3 rings (SSSR count).